The molecular formula is C20H21N. The highest BCUT2D eigenvalue weighted by Gasteiger charge is 2.12. The summed E-state index contributed by atoms with van der Waals surface area (Å²) in [6.07, 6.45) is 0. The smallest absolute Gasteiger partial charge is 0.0303 e. The van der Waals surface area contributed by atoms with E-state index >= 15 is 0 Å². The second kappa shape index (κ2) is 6.11. The molecule has 2 atom stereocenters. The van der Waals surface area contributed by atoms with Crippen molar-refractivity contribution in [2.45, 2.75) is 25.9 Å². The lowest BCUT2D eigenvalue weighted by Gasteiger charge is -2.22. The van der Waals surface area contributed by atoms with Gasteiger partial charge in [0.2, 0.25) is 0 Å². The van der Waals surface area contributed by atoms with Crippen molar-refractivity contribution in [2.75, 3.05) is 0 Å². The monoisotopic (exact) mass is 275 g/mol. The minimum Gasteiger partial charge on any atom is -0.304 e. The Morgan fingerprint density at radius 3 is 2.14 bits per heavy atom. The van der Waals surface area contributed by atoms with E-state index in [1.54, 1.807) is 0 Å². The second-order valence-corrected chi connectivity index (χ2v) is 5.59. The fraction of sp³-hybridized carbons (Fsp3) is 0.200. The molecule has 0 bridgehead atoms. The van der Waals surface area contributed by atoms with Gasteiger partial charge in [0.25, 0.3) is 0 Å². The van der Waals surface area contributed by atoms with Crippen molar-refractivity contribution in [3.8, 4) is 0 Å². The van der Waals surface area contributed by atoms with Crippen molar-refractivity contribution in [1.82, 2.24) is 5.32 Å². The van der Waals surface area contributed by atoms with Crippen LogP contribution in [-0.4, -0.2) is 0 Å². The van der Waals surface area contributed by atoms with Crippen LogP contribution < -0.4 is 5.32 Å². The van der Waals surface area contributed by atoms with Gasteiger partial charge in [-0.1, -0.05) is 72.8 Å². The molecule has 3 aromatic rings. The van der Waals surface area contributed by atoms with Crippen molar-refractivity contribution in [1.29, 1.82) is 0 Å². The van der Waals surface area contributed by atoms with Crippen LogP contribution in [0, 0.1) is 0 Å². The topological polar surface area (TPSA) is 12.0 Å². The summed E-state index contributed by atoms with van der Waals surface area (Å²) in [6, 6.07) is 26.4. The highest BCUT2D eigenvalue weighted by molar-refractivity contribution is 5.86. The Bertz CT molecular complexity index is 713. The summed E-state index contributed by atoms with van der Waals surface area (Å²) in [5, 5.41) is 6.34. The first-order chi connectivity index (χ1) is 10.3. The largest absolute Gasteiger partial charge is 0.304 e. The third-order valence-electron chi connectivity index (χ3n) is 4.09. The Labute approximate surface area is 126 Å². The number of benzene rings is 3. The first kappa shape index (κ1) is 13.8. The Morgan fingerprint density at radius 2 is 1.33 bits per heavy atom. The molecule has 1 nitrogen and oxygen atoms in total. The zero-order chi connectivity index (χ0) is 14.7. The van der Waals surface area contributed by atoms with Crippen LogP contribution in [0.25, 0.3) is 10.8 Å². The quantitative estimate of drug-likeness (QED) is 0.685. The zero-order valence-corrected chi connectivity index (χ0v) is 12.6. The summed E-state index contributed by atoms with van der Waals surface area (Å²) in [5.41, 5.74) is 2.68. The van der Waals surface area contributed by atoms with Crippen LogP contribution in [0.1, 0.15) is 37.1 Å². The van der Waals surface area contributed by atoms with Crippen LogP contribution in [0.4, 0.5) is 0 Å². The van der Waals surface area contributed by atoms with E-state index in [9.17, 15) is 0 Å². The lowest BCUT2D eigenvalue weighted by atomic mass is 9.98. The van der Waals surface area contributed by atoms with Gasteiger partial charge in [0.15, 0.2) is 0 Å². The molecule has 0 aromatic heterocycles. The molecule has 3 rings (SSSR count). The first-order valence-corrected chi connectivity index (χ1v) is 7.54. The maximum absolute atomic E-state index is 3.70. The van der Waals surface area contributed by atoms with Crippen molar-refractivity contribution < 1.29 is 0 Å². The highest BCUT2D eigenvalue weighted by atomic mass is 14.9. The Kier molecular flexibility index (Phi) is 4.03. The van der Waals surface area contributed by atoms with Crippen molar-refractivity contribution in [2.24, 2.45) is 0 Å². The third kappa shape index (κ3) is 2.98. The molecule has 0 radical (unpaired) electrons. The van der Waals surface area contributed by atoms with Gasteiger partial charge in [-0.25, -0.2) is 0 Å². The molecule has 0 saturated heterocycles. The van der Waals surface area contributed by atoms with E-state index in [2.05, 4.69) is 92.0 Å². The molecule has 0 saturated carbocycles. The molecule has 0 spiro atoms. The van der Waals surface area contributed by atoms with Gasteiger partial charge in [0.05, 0.1) is 0 Å². The van der Waals surface area contributed by atoms with Gasteiger partial charge in [-0.2, -0.15) is 0 Å². The summed E-state index contributed by atoms with van der Waals surface area (Å²) >= 11 is 0. The first-order valence-electron chi connectivity index (χ1n) is 7.54. The molecule has 1 N–H and O–H groups in total. The number of fused-ring (bicyclic) bond motifs is 1. The molecule has 0 unspecified atom stereocenters. The maximum atomic E-state index is 3.70. The van der Waals surface area contributed by atoms with Gasteiger partial charge >= 0.3 is 0 Å². The van der Waals surface area contributed by atoms with Crippen LogP contribution in [0.15, 0.2) is 72.8 Å². The Hall–Kier alpha value is -2.12. The molecule has 0 amide bonds. The predicted octanol–water partition coefficient (Wildman–Crippen LogP) is 5.25. The predicted molar refractivity (Wildman–Crippen MR) is 90.4 cm³/mol. The van der Waals surface area contributed by atoms with Gasteiger partial charge in [-0.15, -0.1) is 0 Å². The summed E-state index contributed by atoms with van der Waals surface area (Å²) in [5.74, 6) is 0. The van der Waals surface area contributed by atoms with E-state index in [4.69, 9.17) is 0 Å². The SMILES string of the molecule is C[C@H](N[C@H](C)c1cccc2ccccc12)c1ccccc1. The minimum atomic E-state index is 0.311. The fourth-order valence-electron chi connectivity index (χ4n) is 2.93. The van der Waals surface area contributed by atoms with Gasteiger partial charge in [-0.05, 0) is 35.7 Å². The van der Waals surface area contributed by atoms with Crippen LogP contribution in [0.3, 0.4) is 0 Å². The van der Waals surface area contributed by atoms with Crippen molar-refractivity contribution in [3.05, 3.63) is 83.9 Å². The molecule has 0 aliphatic carbocycles. The van der Waals surface area contributed by atoms with Gasteiger partial charge in [-0.3, -0.25) is 0 Å². The van der Waals surface area contributed by atoms with E-state index in [-0.39, 0.29) is 0 Å². The third-order valence-corrected chi connectivity index (χ3v) is 4.09. The fourth-order valence-corrected chi connectivity index (χ4v) is 2.93. The van der Waals surface area contributed by atoms with Gasteiger partial charge in [0, 0.05) is 12.1 Å². The maximum Gasteiger partial charge on any atom is 0.0303 e. The van der Waals surface area contributed by atoms with E-state index in [1.807, 2.05) is 0 Å². The standard InChI is InChI=1S/C20H21N/c1-15(17-9-4-3-5-10-17)21-16(2)19-14-8-12-18-11-6-7-13-20(18)19/h3-16,21H,1-2H3/t15-,16+/m0/s1. The summed E-state index contributed by atoms with van der Waals surface area (Å²) < 4.78 is 0. The van der Waals surface area contributed by atoms with Crippen LogP contribution >= 0.6 is 0 Å². The number of nitrogens with one attached hydrogen (secondary N) is 1. The minimum absolute atomic E-state index is 0.311. The van der Waals surface area contributed by atoms with Gasteiger partial charge < -0.3 is 5.32 Å². The molecule has 0 fully saturated rings. The van der Waals surface area contributed by atoms with Gasteiger partial charge in [0.1, 0.15) is 0 Å². The average molecular weight is 275 g/mol. The Balaban J connectivity index is 1.86. The van der Waals surface area contributed by atoms with Crippen LogP contribution in [-0.2, 0) is 0 Å². The molecule has 3 aromatic carbocycles. The molecular weight excluding hydrogens is 254 g/mol. The number of rotatable bonds is 4. The zero-order valence-electron chi connectivity index (χ0n) is 12.6. The summed E-state index contributed by atoms with van der Waals surface area (Å²) in [7, 11) is 0. The van der Waals surface area contributed by atoms with Crippen LogP contribution in [0.2, 0.25) is 0 Å². The normalized spacial score (nSPS) is 14.0. The Morgan fingerprint density at radius 1 is 0.667 bits per heavy atom. The lowest BCUT2D eigenvalue weighted by molar-refractivity contribution is 0.497. The summed E-state index contributed by atoms with van der Waals surface area (Å²) in [6.45, 7) is 4.46. The average Bonchev–Trinajstić information content (AvgIpc) is 2.55. The number of hydrogen-bond donors (Lipinski definition) is 1. The van der Waals surface area contributed by atoms with Crippen molar-refractivity contribution >= 4 is 10.8 Å². The van der Waals surface area contributed by atoms with E-state index in [0.717, 1.165) is 0 Å². The molecule has 106 valence electrons. The van der Waals surface area contributed by atoms with E-state index < -0.39 is 0 Å². The molecule has 21 heavy (non-hydrogen) atoms. The second-order valence-electron chi connectivity index (χ2n) is 5.59. The molecule has 0 heterocycles. The molecule has 1 heteroatoms. The lowest BCUT2D eigenvalue weighted by Crippen LogP contribution is -2.22. The highest BCUT2D eigenvalue weighted by Crippen LogP contribution is 2.26. The molecule has 0 aliphatic rings. The molecule has 0 aliphatic heterocycles. The summed E-state index contributed by atoms with van der Waals surface area (Å²) in [4.78, 5) is 0. The van der Waals surface area contributed by atoms with Crippen LogP contribution in [0.5, 0.6) is 0 Å². The van der Waals surface area contributed by atoms with E-state index in [1.165, 1.54) is 21.9 Å². The van der Waals surface area contributed by atoms with Crippen molar-refractivity contribution in [3.63, 3.8) is 0 Å². The van der Waals surface area contributed by atoms with E-state index in [0.29, 0.717) is 12.1 Å². The number of hydrogen-bond acceptors (Lipinski definition) is 1.